The molecular weight excluding hydrogens is 283 g/mol. The molecule has 3 aromatic heterocycles. The van der Waals surface area contributed by atoms with Crippen molar-refractivity contribution < 1.29 is 13.2 Å². The van der Waals surface area contributed by atoms with Crippen molar-refractivity contribution in [1.29, 1.82) is 0 Å². The van der Waals surface area contributed by atoms with Gasteiger partial charge in [0.25, 0.3) is 0 Å². The number of hydrogen-bond donors (Lipinski definition) is 0. The highest BCUT2D eigenvalue weighted by atomic mass is 19.4. The highest BCUT2D eigenvalue weighted by Gasteiger charge is 2.34. The van der Waals surface area contributed by atoms with Crippen LogP contribution in [0.3, 0.4) is 0 Å². The predicted molar refractivity (Wildman–Crippen MR) is 69.6 cm³/mol. The van der Waals surface area contributed by atoms with Crippen LogP contribution in [0.5, 0.6) is 0 Å². The van der Waals surface area contributed by atoms with Crippen LogP contribution in [0.2, 0.25) is 0 Å². The summed E-state index contributed by atoms with van der Waals surface area (Å²) in [5.41, 5.74) is 0.501. The normalized spacial score (nSPS) is 12.2. The van der Waals surface area contributed by atoms with Crippen molar-refractivity contribution in [2.45, 2.75) is 26.6 Å². The number of alkyl halides is 3. The molecule has 0 bridgehead atoms. The van der Waals surface area contributed by atoms with E-state index in [4.69, 9.17) is 0 Å². The van der Waals surface area contributed by atoms with Gasteiger partial charge in [-0.2, -0.15) is 18.3 Å². The Balaban J connectivity index is 2.24. The number of aryl methyl sites for hydroxylation is 1. The Morgan fingerprint density at radius 3 is 2.62 bits per heavy atom. The maximum atomic E-state index is 13.0. The summed E-state index contributed by atoms with van der Waals surface area (Å²) in [7, 11) is 0. The van der Waals surface area contributed by atoms with Gasteiger partial charge < -0.3 is 0 Å². The molecule has 0 aliphatic carbocycles. The summed E-state index contributed by atoms with van der Waals surface area (Å²) in [4.78, 5) is 0. The summed E-state index contributed by atoms with van der Waals surface area (Å²) in [5, 5.41) is 11.8. The fourth-order valence-corrected chi connectivity index (χ4v) is 2.31. The molecule has 0 unspecified atom stereocenters. The minimum Gasteiger partial charge on any atom is -0.282 e. The van der Waals surface area contributed by atoms with E-state index in [0.717, 1.165) is 11.8 Å². The number of hydrogen-bond acceptors (Lipinski definition) is 3. The van der Waals surface area contributed by atoms with Crippen molar-refractivity contribution in [3.05, 3.63) is 35.8 Å². The van der Waals surface area contributed by atoms with E-state index in [1.165, 1.54) is 16.7 Å². The first-order chi connectivity index (χ1) is 9.93. The van der Waals surface area contributed by atoms with Gasteiger partial charge in [0.15, 0.2) is 11.5 Å². The fourth-order valence-electron chi connectivity index (χ4n) is 2.31. The summed E-state index contributed by atoms with van der Waals surface area (Å²) < 4.78 is 42.0. The van der Waals surface area contributed by atoms with Crippen LogP contribution in [0.15, 0.2) is 24.5 Å². The second-order valence-corrected chi connectivity index (χ2v) is 4.60. The minimum atomic E-state index is -4.46. The third-order valence-electron chi connectivity index (χ3n) is 3.38. The number of aromatic nitrogens is 5. The average molecular weight is 295 g/mol. The molecule has 0 spiro atoms. The Labute approximate surface area is 118 Å². The Morgan fingerprint density at radius 2 is 2.00 bits per heavy atom. The van der Waals surface area contributed by atoms with Crippen LogP contribution in [0, 0.1) is 6.92 Å². The zero-order chi connectivity index (χ0) is 15.2. The second kappa shape index (κ2) is 4.57. The maximum absolute atomic E-state index is 13.0. The van der Waals surface area contributed by atoms with E-state index in [9.17, 15) is 13.2 Å². The van der Waals surface area contributed by atoms with Crippen molar-refractivity contribution >= 4 is 5.65 Å². The quantitative estimate of drug-likeness (QED) is 0.730. The lowest BCUT2D eigenvalue weighted by molar-refractivity contribution is -0.136. The molecule has 0 N–H and O–H groups in total. The predicted octanol–water partition coefficient (Wildman–Crippen LogP) is 2.94. The van der Waals surface area contributed by atoms with Gasteiger partial charge in [-0.25, -0.2) is 0 Å². The van der Waals surface area contributed by atoms with E-state index in [0.29, 0.717) is 17.9 Å². The largest absolute Gasteiger partial charge is 0.420 e. The van der Waals surface area contributed by atoms with E-state index in [2.05, 4.69) is 15.3 Å². The molecule has 0 aliphatic heterocycles. The Bertz CT molecular complexity index is 800. The van der Waals surface area contributed by atoms with Gasteiger partial charge in [0.2, 0.25) is 0 Å². The van der Waals surface area contributed by atoms with Crippen molar-refractivity contribution in [2.75, 3.05) is 0 Å². The Kier molecular flexibility index (Phi) is 2.96. The van der Waals surface area contributed by atoms with Gasteiger partial charge in [-0.3, -0.25) is 9.08 Å². The van der Waals surface area contributed by atoms with E-state index in [1.54, 1.807) is 10.9 Å². The van der Waals surface area contributed by atoms with Gasteiger partial charge in [0.1, 0.15) is 5.56 Å². The number of rotatable bonds is 2. The highest BCUT2D eigenvalue weighted by molar-refractivity contribution is 5.63. The minimum absolute atomic E-state index is 0.205. The van der Waals surface area contributed by atoms with Gasteiger partial charge in [-0.1, -0.05) is 0 Å². The number of pyridine rings is 1. The van der Waals surface area contributed by atoms with E-state index in [-0.39, 0.29) is 5.65 Å². The fraction of sp³-hybridized carbons (Fsp3) is 0.308. The molecule has 3 aromatic rings. The number of nitrogens with zero attached hydrogens (tertiary/aromatic N) is 5. The van der Waals surface area contributed by atoms with Crippen molar-refractivity contribution in [1.82, 2.24) is 24.4 Å². The third-order valence-corrected chi connectivity index (χ3v) is 3.38. The van der Waals surface area contributed by atoms with Crippen molar-refractivity contribution in [3.8, 4) is 11.4 Å². The summed E-state index contributed by atoms with van der Waals surface area (Å²) in [6.45, 7) is 4.46. The van der Waals surface area contributed by atoms with Gasteiger partial charge in [0.05, 0.1) is 11.8 Å². The first kappa shape index (κ1) is 13.6. The van der Waals surface area contributed by atoms with Crippen molar-refractivity contribution in [3.63, 3.8) is 0 Å². The Morgan fingerprint density at radius 1 is 1.24 bits per heavy atom. The molecule has 8 heteroatoms. The standard InChI is InChI=1S/C13H12F3N5/c1-3-21-8(2)9(7-17-21)11-18-19-12-10(13(14,15)16)5-4-6-20(11)12/h4-7H,3H2,1-2H3. The van der Waals surface area contributed by atoms with Crippen molar-refractivity contribution in [2.24, 2.45) is 0 Å². The van der Waals surface area contributed by atoms with Crippen LogP contribution < -0.4 is 0 Å². The van der Waals surface area contributed by atoms with Gasteiger partial charge in [-0.05, 0) is 26.0 Å². The molecule has 0 aliphatic rings. The SMILES string of the molecule is CCn1ncc(-c2nnc3c(C(F)(F)F)cccn23)c1C. The summed E-state index contributed by atoms with van der Waals surface area (Å²) in [6, 6.07) is 2.33. The molecule has 0 fully saturated rings. The van der Waals surface area contributed by atoms with E-state index >= 15 is 0 Å². The molecule has 0 aromatic carbocycles. The van der Waals surface area contributed by atoms with E-state index in [1.807, 2.05) is 13.8 Å². The maximum Gasteiger partial charge on any atom is 0.420 e. The first-order valence-corrected chi connectivity index (χ1v) is 6.37. The summed E-state index contributed by atoms with van der Waals surface area (Å²) in [6.07, 6.45) is -1.35. The zero-order valence-electron chi connectivity index (χ0n) is 11.4. The monoisotopic (exact) mass is 295 g/mol. The summed E-state index contributed by atoms with van der Waals surface area (Å²) >= 11 is 0. The smallest absolute Gasteiger partial charge is 0.282 e. The van der Waals surface area contributed by atoms with Gasteiger partial charge in [0, 0.05) is 18.4 Å². The highest BCUT2D eigenvalue weighted by Crippen LogP contribution is 2.33. The van der Waals surface area contributed by atoms with Crippen LogP contribution in [0.4, 0.5) is 13.2 Å². The molecule has 110 valence electrons. The molecular formula is C13H12F3N5. The van der Waals surface area contributed by atoms with Crippen LogP contribution in [-0.4, -0.2) is 24.4 Å². The van der Waals surface area contributed by atoms with Crippen LogP contribution in [-0.2, 0) is 12.7 Å². The molecule has 0 amide bonds. The molecule has 3 rings (SSSR count). The molecule has 21 heavy (non-hydrogen) atoms. The summed E-state index contributed by atoms with van der Waals surface area (Å²) in [5.74, 6) is 0.355. The molecule has 0 saturated heterocycles. The van der Waals surface area contributed by atoms with Crippen LogP contribution >= 0.6 is 0 Å². The Hall–Kier alpha value is -2.38. The first-order valence-electron chi connectivity index (χ1n) is 6.37. The number of halogens is 3. The molecule has 0 radical (unpaired) electrons. The third kappa shape index (κ3) is 2.07. The lowest BCUT2D eigenvalue weighted by Crippen LogP contribution is -2.07. The number of fused-ring (bicyclic) bond motifs is 1. The average Bonchev–Trinajstić information content (AvgIpc) is 3.00. The second-order valence-electron chi connectivity index (χ2n) is 4.60. The topological polar surface area (TPSA) is 48.0 Å². The van der Waals surface area contributed by atoms with Gasteiger partial charge >= 0.3 is 6.18 Å². The zero-order valence-corrected chi connectivity index (χ0v) is 11.4. The molecule has 3 heterocycles. The van der Waals surface area contributed by atoms with Crippen LogP contribution in [0.25, 0.3) is 17.0 Å². The lowest BCUT2D eigenvalue weighted by Gasteiger charge is -2.07. The van der Waals surface area contributed by atoms with E-state index < -0.39 is 11.7 Å². The van der Waals surface area contributed by atoms with Crippen LogP contribution in [0.1, 0.15) is 18.2 Å². The molecule has 0 atom stereocenters. The molecule has 0 saturated carbocycles. The lowest BCUT2D eigenvalue weighted by atomic mass is 10.2. The molecule has 5 nitrogen and oxygen atoms in total. The van der Waals surface area contributed by atoms with Gasteiger partial charge in [-0.15, -0.1) is 10.2 Å².